The van der Waals surface area contributed by atoms with Crippen molar-refractivity contribution in [2.75, 3.05) is 11.9 Å². The summed E-state index contributed by atoms with van der Waals surface area (Å²) < 4.78 is 13.9. The van der Waals surface area contributed by atoms with Crippen molar-refractivity contribution in [1.82, 2.24) is 4.98 Å². The molecule has 0 spiro atoms. The number of halogens is 2. The highest BCUT2D eigenvalue weighted by Crippen LogP contribution is 2.31. The van der Waals surface area contributed by atoms with Crippen LogP contribution in [0.15, 0.2) is 47.1 Å². The van der Waals surface area contributed by atoms with Crippen LogP contribution >= 0.6 is 15.9 Å². The molecule has 20 heavy (non-hydrogen) atoms. The average Bonchev–Trinajstić information content (AvgIpc) is 2.48. The van der Waals surface area contributed by atoms with E-state index in [0.717, 1.165) is 16.4 Å². The van der Waals surface area contributed by atoms with Crippen LogP contribution in [0.3, 0.4) is 0 Å². The van der Waals surface area contributed by atoms with Crippen LogP contribution in [0.5, 0.6) is 0 Å². The first-order valence-electron chi connectivity index (χ1n) is 6.37. The molecule has 5 heteroatoms. The Morgan fingerprint density at radius 3 is 2.60 bits per heavy atom. The van der Waals surface area contributed by atoms with Gasteiger partial charge in [0.1, 0.15) is 11.4 Å². The third-order valence-corrected chi connectivity index (χ3v) is 4.03. The fourth-order valence-electron chi connectivity index (χ4n) is 2.05. The van der Waals surface area contributed by atoms with Crippen molar-refractivity contribution in [3.8, 4) is 0 Å². The Morgan fingerprint density at radius 1 is 1.30 bits per heavy atom. The van der Waals surface area contributed by atoms with E-state index in [4.69, 9.17) is 0 Å². The SMILES string of the molecule is CCC(CO)(Nc1ccccc1Br)c1ccc(F)cn1. The first-order chi connectivity index (χ1) is 9.61. The largest absolute Gasteiger partial charge is 0.394 e. The maximum absolute atomic E-state index is 13.0. The van der Waals surface area contributed by atoms with E-state index in [2.05, 4.69) is 26.2 Å². The lowest BCUT2D eigenvalue weighted by Gasteiger charge is -2.33. The summed E-state index contributed by atoms with van der Waals surface area (Å²) in [6.07, 6.45) is 1.78. The van der Waals surface area contributed by atoms with Gasteiger partial charge < -0.3 is 10.4 Å². The summed E-state index contributed by atoms with van der Waals surface area (Å²) in [4.78, 5) is 4.11. The van der Waals surface area contributed by atoms with Crippen molar-refractivity contribution in [3.63, 3.8) is 0 Å². The van der Waals surface area contributed by atoms with Crippen LogP contribution in [0.4, 0.5) is 10.1 Å². The lowest BCUT2D eigenvalue weighted by atomic mass is 9.91. The zero-order chi connectivity index (χ0) is 14.6. The molecule has 0 fully saturated rings. The third kappa shape index (κ3) is 2.99. The molecule has 2 aromatic rings. The Kier molecular flexibility index (Phi) is 4.73. The maximum atomic E-state index is 13.0. The molecule has 0 aliphatic carbocycles. The number of anilines is 1. The molecule has 0 amide bonds. The molecule has 1 atom stereocenters. The molecule has 0 radical (unpaired) electrons. The molecular formula is C15H16BrFN2O. The van der Waals surface area contributed by atoms with E-state index in [1.54, 1.807) is 6.07 Å². The van der Waals surface area contributed by atoms with E-state index >= 15 is 0 Å². The number of pyridine rings is 1. The first-order valence-corrected chi connectivity index (χ1v) is 7.16. The summed E-state index contributed by atoms with van der Waals surface area (Å²) in [6.45, 7) is 1.81. The van der Waals surface area contributed by atoms with Gasteiger partial charge in [-0.1, -0.05) is 19.1 Å². The number of nitrogens with one attached hydrogen (secondary N) is 1. The normalized spacial score (nSPS) is 13.8. The zero-order valence-electron chi connectivity index (χ0n) is 11.1. The van der Waals surface area contributed by atoms with Gasteiger partial charge in [-0.05, 0) is 46.6 Å². The minimum Gasteiger partial charge on any atom is -0.394 e. The number of hydrogen-bond donors (Lipinski definition) is 2. The van der Waals surface area contributed by atoms with Gasteiger partial charge in [-0.2, -0.15) is 0 Å². The number of rotatable bonds is 5. The van der Waals surface area contributed by atoms with Crippen molar-refractivity contribution in [2.45, 2.75) is 18.9 Å². The summed E-state index contributed by atoms with van der Waals surface area (Å²) in [5.74, 6) is -0.391. The lowest BCUT2D eigenvalue weighted by molar-refractivity contribution is 0.204. The highest BCUT2D eigenvalue weighted by atomic mass is 79.9. The van der Waals surface area contributed by atoms with E-state index in [0.29, 0.717) is 12.1 Å². The second-order valence-corrected chi connectivity index (χ2v) is 5.41. The van der Waals surface area contributed by atoms with Gasteiger partial charge in [0.05, 0.1) is 18.5 Å². The Bertz CT molecular complexity index is 570. The standard InChI is InChI=1S/C15H16BrFN2O/c1-2-15(10-20,14-8-7-11(17)9-18-14)19-13-6-4-3-5-12(13)16/h3-9,19-20H,2,10H2,1H3. The van der Waals surface area contributed by atoms with E-state index in [9.17, 15) is 9.50 Å². The summed E-state index contributed by atoms with van der Waals surface area (Å²) in [6, 6.07) is 10.6. The summed E-state index contributed by atoms with van der Waals surface area (Å²) in [5, 5.41) is 13.2. The van der Waals surface area contributed by atoms with Gasteiger partial charge in [0.25, 0.3) is 0 Å². The number of aliphatic hydroxyl groups excluding tert-OH is 1. The minimum atomic E-state index is -0.739. The van der Waals surface area contributed by atoms with Gasteiger partial charge in [0.2, 0.25) is 0 Å². The van der Waals surface area contributed by atoms with E-state index in [-0.39, 0.29) is 6.61 Å². The van der Waals surface area contributed by atoms with Crippen molar-refractivity contribution < 1.29 is 9.50 Å². The van der Waals surface area contributed by atoms with Gasteiger partial charge in [-0.3, -0.25) is 4.98 Å². The topological polar surface area (TPSA) is 45.1 Å². The van der Waals surface area contributed by atoms with Crippen LogP contribution < -0.4 is 5.32 Å². The molecule has 2 rings (SSSR count). The second kappa shape index (κ2) is 6.33. The molecule has 1 unspecified atom stereocenters. The van der Waals surface area contributed by atoms with Crippen LogP contribution in [-0.4, -0.2) is 16.7 Å². The molecule has 1 aromatic carbocycles. The number of para-hydroxylation sites is 1. The minimum absolute atomic E-state index is 0.135. The van der Waals surface area contributed by atoms with Crippen molar-refractivity contribution in [1.29, 1.82) is 0 Å². The zero-order valence-corrected chi connectivity index (χ0v) is 12.7. The number of aliphatic hydroxyl groups is 1. The van der Waals surface area contributed by atoms with Crippen molar-refractivity contribution >= 4 is 21.6 Å². The fourth-order valence-corrected chi connectivity index (χ4v) is 2.43. The van der Waals surface area contributed by atoms with Gasteiger partial charge in [0.15, 0.2) is 0 Å². The van der Waals surface area contributed by atoms with Crippen LogP contribution in [0.1, 0.15) is 19.0 Å². The predicted octanol–water partition coefficient (Wildman–Crippen LogP) is 3.69. The quantitative estimate of drug-likeness (QED) is 0.873. The number of nitrogens with zero attached hydrogens (tertiary/aromatic N) is 1. The van der Waals surface area contributed by atoms with Crippen LogP contribution in [0, 0.1) is 5.82 Å². The van der Waals surface area contributed by atoms with Crippen molar-refractivity contribution in [3.05, 3.63) is 58.6 Å². The van der Waals surface area contributed by atoms with Gasteiger partial charge in [-0.25, -0.2) is 4.39 Å². The van der Waals surface area contributed by atoms with Crippen LogP contribution in [-0.2, 0) is 5.54 Å². The number of hydrogen-bond acceptors (Lipinski definition) is 3. The van der Waals surface area contributed by atoms with Crippen LogP contribution in [0.2, 0.25) is 0 Å². The summed E-state index contributed by atoms with van der Waals surface area (Å²) >= 11 is 3.47. The number of benzene rings is 1. The summed E-state index contributed by atoms with van der Waals surface area (Å²) in [7, 11) is 0. The molecular weight excluding hydrogens is 323 g/mol. The molecule has 1 aromatic heterocycles. The monoisotopic (exact) mass is 338 g/mol. The Morgan fingerprint density at radius 2 is 2.05 bits per heavy atom. The molecule has 0 saturated heterocycles. The van der Waals surface area contributed by atoms with Gasteiger partial charge in [0, 0.05) is 10.2 Å². The van der Waals surface area contributed by atoms with Gasteiger partial charge >= 0.3 is 0 Å². The average molecular weight is 339 g/mol. The van der Waals surface area contributed by atoms with Crippen LogP contribution in [0.25, 0.3) is 0 Å². The molecule has 2 N–H and O–H groups in total. The number of aromatic nitrogens is 1. The third-order valence-electron chi connectivity index (χ3n) is 3.34. The highest BCUT2D eigenvalue weighted by Gasteiger charge is 2.31. The van der Waals surface area contributed by atoms with Crippen molar-refractivity contribution in [2.24, 2.45) is 0 Å². The molecule has 0 saturated carbocycles. The van der Waals surface area contributed by atoms with E-state index < -0.39 is 11.4 Å². The van der Waals surface area contributed by atoms with E-state index in [1.165, 1.54) is 6.07 Å². The smallest absolute Gasteiger partial charge is 0.141 e. The first kappa shape index (κ1) is 14.9. The predicted molar refractivity (Wildman–Crippen MR) is 81.0 cm³/mol. The Balaban J connectivity index is 2.39. The molecule has 1 heterocycles. The van der Waals surface area contributed by atoms with Gasteiger partial charge in [-0.15, -0.1) is 0 Å². The second-order valence-electron chi connectivity index (χ2n) is 4.56. The Hall–Kier alpha value is -1.46. The fraction of sp³-hybridized carbons (Fsp3) is 0.267. The Labute approximate surface area is 126 Å². The molecule has 106 valence electrons. The molecule has 0 aliphatic rings. The molecule has 0 aliphatic heterocycles. The highest BCUT2D eigenvalue weighted by molar-refractivity contribution is 9.10. The molecule has 0 bridgehead atoms. The lowest BCUT2D eigenvalue weighted by Crippen LogP contribution is -2.39. The molecule has 3 nitrogen and oxygen atoms in total. The summed E-state index contributed by atoms with van der Waals surface area (Å²) in [5.41, 5.74) is 0.728. The van der Waals surface area contributed by atoms with E-state index in [1.807, 2.05) is 31.2 Å². The maximum Gasteiger partial charge on any atom is 0.141 e.